The second-order valence-corrected chi connectivity index (χ2v) is 14.1. The Morgan fingerprint density at radius 3 is 1.33 bits per heavy atom. The summed E-state index contributed by atoms with van der Waals surface area (Å²) in [5, 5.41) is 10.4. The van der Waals surface area contributed by atoms with Crippen LogP contribution in [0.1, 0.15) is 25.0 Å². The van der Waals surface area contributed by atoms with Gasteiger partial charge in [-0.3, -0.25) is 0 Å². The van der Waals surface area contributed by atoms with Crippen molar-refractivity contribution in [2.24, 2.45) is 0 Å². The molecule has 0 saturated carbocycles. The fourth-order valence-electron chi connectivity index (χ4n) is 8.43. The number of hydrogen-bond acceptors (Lipinski definition) is 0. The van der Waals surface area contributed by atoms with E-state index in [0.717, 1.165) is 0 Å². The van der Waals surface area contributed by atoms with Gasteiger partial charge in [0.05, 0.1) is 0 Å². The highest BCUT2D eigenvalue weighted by molar-refractivity contribution is 6.25. The molecule has 230 valence electrons. The van der Waals surface area contributed by atoms with Gasteiger partial charge >= 0.3 is 0 Å². The minimum atomic E-state index is 0.000797. The van der Waals surface area contributed by atoms with E-state index in [-0.39, 0.29) is 5.41 Å². The maximum Gasteiger partial charge on any atom is 0.0159 e. The van der Waals surface area contributed by atoms with Gasteiger partial charge in [0.15, 0.2) is 0 Å². The van der Waals surface area contributed by atoms with Gasteiger partial charge < -0.3 is 0 Å². The van der Waals surface area contributed by atoms with Gasteiger partial charge in [-0.15, -0.1) is 0 Å². The molecule has 0 nitrogen and oxygen atoms in total. The molecule has 1 aliphatic carbocycles. The van der Waals surface area contributed by atoms with Crippen LogP contribution in [-0.2, 0) is 5.41 Å². The van der Waals surface area contributed by atoms with E-state index in [2.05, 4.69) is 184 Å². The van der Waals surface area contributed by atoms with Gasteiger partial charge in [0.1, 0.15) is 0 Å². The zero-order valence-corrected chi connectivity index (χ0v) is 27.7. The molecule has 0 unspecified atom stereocenters. The van der Waals surface area contributed by atoms with Crippen molar-refractivity contribution in [3.63, 3.8) is 0 Å². The van der Waals surface area contributed by atoms with Gasteiger partial charge in [0, 0.05) is 5.41 Å². The fourth-order valence-corrected chi connectivity index (χ4v) is 8.43. The van der Waals surface area contributed by atoms with E-state index in [0.29, 0.717) is 0 Å². The number of fused-ring (bicyclic) bond motifs is 10. The molecule has 0 spiro atoms. The molecule has 0 heteroatoms. The zero-order chi connectivity index (χ0) is 32.7. The minimum Gasteiger partial charge on any atom is -0.0619 e. The molecule has 0 saturated heterocycles. The van der Waals surface area contributed by atoms with Crippen LogP contribution in [0, 0.1) is 0 Å². The van der Waals surface area contributed by atoms with Crippen LogP contribution in [0.3, 0.4) is 0 Å². The molecule has 0 heterocycles. The van der Waals surface area contributed by atoms with E-state index >= 15 is 0 Å². The van der Waals surface area contributed by atoms with Crippen LogP contribution in [-0.4, -0.2) is 0 Å². The molecule has 0 radical (unpaired) electrons. The first-order chi connectivity index (χ1) is 24.0. The Kier molecular flexibility index (Phi) is 6.02. The molecule has 9 aromatic rings. The lowest BCUT2D eigenvalue weighted by molar-refractivity contribution is 0.660. The molecule has 0 aliphatic heterocycles. The molecule has 49 heavy (non-hydrogen) atoms. The second kappa shape index (κ2) is 10.5. The highest BCUT2D eigenvalue weighted by Crippen LogP contribution is 2.49. The molecule has 0 fully saturated rings. The third-order valence-corrected chi connectivity index (χ3v) is 11.1. The lowest BCUT2D eigenvalue weighted by Gasteiger charge is -2.22. The summed E-state index contributed by atoms with van der Waals surface area (Å²) >= 11 is 0. The Morgan fingerprint density at radius 1 is 0.286 bits per heavy atom. The highest BCUT2D eigenvalue weighted by atomic mass is 14.4. The monoisotopic (exact) mass is 622 g/mol. The van der Waals surface area contributed by atoms with Gasteiger partial charge in [-0.1, -0.05) is 159 Å². The molecule has 0 aromatic heterocycles. The van der Waals surface area contributed by atoms with Gasteiger partial charge in [-0.25, -0.2) is 0 Å². The lowest BCUT2D eigenvalue weighted by atomic mass is 9.81. The SMILES string of the molecule is CC1(C)c2ccccc2-c2ccc(-c3ccc4cc(-c5ccc(-c6ccc7c8ccccc8c8ccccc8c7c6)cc5)ccc4c3)cc21. The summed E-state index contributed by atoms with van der Waals surface area (Å²) in [6.07, 6.45) is 0. The van der Waals surface area contributed by atoms with Crippen LogP contribution in [0.25, 0.3) is 87.6 Å². The summed E-state index contributed by atoms with van der Waals surface area (Å²) in [4.78, 5) is 0. The van der Waals surface area contributed by atoms with Crippen molar-refractivity contribution >= 4 is 43.1 Å². The van der Waals surface area contributed by atoms with Gasteiger partial charge in [0.25, 0.3) is 0 Å². The lowest BCUT2D eigenvalue weighted by Crippen LogP contribution is -2.14. The third kappa shape index (κ3) is 4.31. The van der Waals surface area contributed by atoms with E-state index < -0.39 is 0 Å². The molecule has 0 bridgehead atoms. The molecule has 10 rings (SSSR count). The molecular weight excluding hydrogens is 589 g/mol. The summed E-state index contributed by atoms with van der Waals surface area (Å²) in [5.41, 5.74) is 13.0. The molecule has 0 atom stereocenters. The number of benzene rings is 9. The fraction of sp³-hybridized carbons (Fsp3) is 0.0612. The summed E-state index contributed by atoms with van der Waals surface area (Å²) in [7, 11) is 0. The quantitative estimate of drug-likeness (QED) is 0.172. The van der Waals surface area contributed by atoms with Gasteiger partial charge in [-0.05, 0) is 123 Å². The maximum absolute atomic E-state index is 2.41. The van der Waals surface area contributed by atoms with Crippen LogP contribution < -0.4 is 0 Å². The van der Waals surface area contributed by atoms with Crippen LogP contribution in [0.2, 0.25) is 0 Å². The van der Waals surface area contributed by atoms with Crippen LogP contribution in [0.4, 0.5) is 0 Å². The van der Waals surface area contributed by atoms with E-state index in [1.807, 2.05) is 0 Å². The summed E-state index contributed by atoms with van der Waals surface area (Å²) in [6.45, 7) is 4.70. The van der Waals surface area contributed by atoms with Crippen molar-refractivity contribution < 1.29 is 0 Å². The van der Waals surface area contributed by atoms with Crippen molar-refractivity contribution in [3.8, 4) is 44.5 Å². The Bertz CT molecular complexity index is 2740. The molecule has 0 N–H and O–H groups in total. The first kappa shape index (κ1) is 28.1. The van der Waals surface area contributed by atoms with Gasteiger partial charge in [-0.2, -0.15) is 0 Å². The Hall–Kier alpha value is -5.98. The van der Waals surface area contributed by atoms with Crippen molar-refractivity contribution in [2.45, 2.75) is 19.3 Å². The smallest absolute Gasteiger partial charge is 0.0159 e. The average molecular weight is 623 g/mol. The predicted octanol–water partition coefficient (Wildman–Crippen LogP) is 13.6. The topological polar surface area (TPSA) is 0 Å². The first-order valence-electron chi connectivity index (χ1n) is 17.3. The summed E-state index contributed by atoms with van der Waals surface area (Å²) < 4.78 is 0. The Morgan fingerprint density at radius 2 is 0.694 bits per heavy atom. The van der Waals surface area contributed by atoms with Crippen molar-refractivity contribution in [1.82, 2.24) is 0 Å². The highest BCUT2D eigenvalue weighted by Gasteiger charge is 2.35. The Balaban J connectivity index is 0.969. The molecule has 0 amide bonds. The van der Waals surface area contributed by atoms with Crippen molar-refractivity contribution in [3.05, 3.63) is 181 Å². The third-order valence-electron chi connectivity index (χ3n) is 11.1. The molecule has 1 aliphatic rings. The van der Waals surface area contributed by atoms with E-state index in [4.69, 9.17) is 0 Å². The predicted molar refractivity (Wildman–Crippen MR) is 210 cm³/mol. The first-order valence-corrected chi connectivity index (χ1v) is 17.3. The zero-order valence-electron chi connectivity index (χ0n) is 27.7. The normalized spacial score (nSPS) is 13.3. The number of hydrogen-bond donors (Lipinski definition) is 0. The average Bonchev–Trinajstić information content (AvgIpc) is 3.40. The van der Waals surface area contributed by atoms with E-state index in [1.165, 1.54) is 98.7 Å². The Labute approximate surface area is 286 Å². The van der Waals surface area contributed by atoms with E-state index in [9.17, 15) is 0 Å². The van der Waals surface area contributed by atoms with Crippen LogP contribution in [0.15, 0.2) is 170 Å². The summed E-state index contributed by atoms with van der Waals surface area (Å²) in [6, 6.07) is 63.2. The van der Waals surface area contributed by atoms with Crippen molar-refractivity contribution in [1.29, 1.82) is 0 Å². The second-order valence-electron chi connectivity index (χ2n) is 14.1. The van der Waals surface area contributed by atoms with Gasteiger partial charge in [0.2, 0.25) is 0 Å². The summed E-state index contributed by atoms with van der Waals surface area (Å²) in [5.74, 6) is 0. The maximum atomic E-state index is 2.41. The van der Waals surface area contributed by atoms with Crippen molar-refractivity contribution in [2.75, 3.05) is 0 Å². The minimum absolute atomic E-state index is 0.000797. The largest absolute Gasteiger partial charge is 0.0619 e. The van der Waals surface area contributed by atoms with Crippen LogP contribution >= 0.6 is 0 Å². The van der Waals surface area contributed by atoms with Crippen LogP contribution in [0.5, 0.6) is 0 Å². The van der Waals surface area contributed by atoms with E-state index in [1.54, 1.807) is 0 Å². The number of rotatable bonds is 3. The molecular formula is C49H34. The standard InChI is InChI=1S/C49H34/c1-49(2)47-14-8-7-13-44(47)45-26-24-38(30-48(45)49)36-22-21-34-27-33(19-20-35(34)28-36)31-15-17-32(18-16-31)37-23-25-43-41-11-4-3-9-39(41)40-10-5-6-12-42(40)46(43)29-37/h3-30H,1-2H3. The molecule has 9 aromatic carbocycles.